The Balaban J connectivity index is 1.39. The number of nitrogens with zero attached hydrogens (tertiary/aromatic N) is 2. The van der Waals surface area contributed by atoms with E-state index in [9.17, 15) is 4.79 Å². The molecule has 1 aromatic heterocycles. The molecule has 0 aliphatic heterocycles. The third-order valence-corrected chi connectivity index (χ3v) is 5.85. The SMILES string of the molecule is Cc1ccccc1OCCCCn1c(CNC(=O)c2cccc(Br)c2)nc2ccccc21. The van der Waals surface area contributed by atoms with E-state index in [1.54, 1.807) is 6.07 Å². The van der Waals surface area contributed by atoms with Crippen molar-refractivity contribution in [1.82, 2.24) is 14.9 Å². The number of hydrogen-bond donors (Lipinski definition) is 1. The van der Waals surface area contributed by atoms with Crippen LogP contribution in [0, 0.1) is 6.92 Å². The van der Waals surface area contributed by atoms with Gasteiger partial charge in [0, 0.05) is 16.6 Å². The Bertz CT molecular complexity index is 1220. The van der Waals surface area contributed by atoms with Crippen molar-refractivity contribution in [2.75, 3.05) is 6.61 Å². The molecule has 1 N–H and O–H groups in total. The van der Waals surface area contributed by atoms with E-state index < -0.39 is 0 Å². The van der Waals surface area contributed by atoms with Gasteiger partial charge in [0.05, 0.1) is 24.2 Å². The molecular weight excluding hydrogens is 466 g/mol. The van der Waals surface area contributed by atoms with Gasteiger partial charge >= 0.3 is 0 Å². The van der Waals surface area contributed by atoms with Crippen LogP contribution in [0.5, 0.6) is 5.75 Å². The first kappa shape index (κ1) is 22.1. The summed E-state index contributed by atoms with van der Waals surface area (Å²) in [5, 5.41) is 3.01. The number of carbonyl (C=O) groups excluding carboxylic acids is 1. The summed E-state index contributed by atoms with van der Waals surface area (Å²) in [6.07, 6.45) is 1.89. The van der Waals surface area contributed by atoms with Gasteiger partial charge in [0.15, 0.2) is 0 Å². The molecule has 0 bridgehead atoms. The van der Waals surface area contributed by atoms with E-state index in [0.29, 0.717) is 18.7 Å². The maximum absolute atomic E-state index is 12.6. The number of unbranched alkanes of at least 4 members (excludes halogenated alkanes) is 1. The summed E-state index contributed by atoms with van der Waals surface area (Å²) in [7, 11) is 0. The molecule has 0 atom stereocenters. The number of benzene rings is 3. The van der Waals surface area contributed by atoms with Gasteiger partial charge in [-0.15, -0.1) is 0 Å². The Hall–Kier alpha value is -3.12. The van der Waals surface area contributed by atoms with Gasteiger partial charge in [-0.1, -0.05) is 52.3 Å². The summed E-state index contributed by atoms with van der Waals surface area (Å²) in [6.45, 7) is 3.92. The summed E-state index contributed by atoms with van der Waals surface area (Å²) in [5.41, 5.74) is 3.79. The lowest BCUT2D eigenvalue weighted by molar-refractivity contribution is 0.0949. The predicted octanol–water partition coefficient (Wildman–Crippen LogP) is 5.90. The van der Waals surface area contributed by atoms with E-state index in [4.69, 9.17) is 9.72 Å². The quantitative estimate of drug-likeness (QED) is 0.296. The minimum absolute atomic E-state index is 0.114. The second-order valence-corrected chi connectivity index (χ2v) is 8.60. The molecule has 0 fully saturated rings. The van der Waals surface area contributed by atoms with E-state index in [-0.39, 0.29) is 5.91 Å². The molecule has 164 valence electrons. The van der Waals surface area contributed by atoms with Gasteiger partial charge in [0.1, 0.15) is 11.6 Å². The largest absolute Gasteiger partial charge is 0.493 e. The van der Waals surface area contributed by atoms with Gasteiger partial charge < -0.3 is 14.6 Å². The van der Waals surface area contributed by atoms with Crippen molar-refractivity contribution >= 4 is 32.9 Å². The van der Waals surface area contributed by atoms with E-state index in [1.165, 1.54) is 0 Å². The first-order chi connectivity index (χ1) is 15.6. The maximum atomic E-state index is 12.6. The average Bonchev–Trinajstić information content (AvgIpc) is 3.16. The number of carbonyl (C=O) groups is 1. The number of aryl methyl sites for hydroxylation is 2. The van der Waals surface area contributed by atoms with Crippen LogP contribution in [0.1, 0.15) is 34.6 Å². The molecule has 4 rings (SSSR count). The summed E-state index contributed by atoms with van der Waals surface area (Å²) < 4.78 is 9.00. The number of nitrogens with one attached hydrogen (secondary N) is 1. The molecule has 32 heavy (non-hydrogen) atoms. The van der Waals surface area contributed by atoms with Crippen LogP contribution >= 0.6 is 15.9 Å². The number of aromatic nitrogens is 2. The number of hydrogen-bond acceptors (Lipinski definition) is 3. The zero-order chi connectivity index (χ0) is 22.3. The van der Waals surface area contributed by atoms with E-state index in [0.717, 1.165) is 52.0 Å². The van der Waals surface area contributed by atoms with Crippen LogP contribution in [0.15, 0.2) is 77.3 Å². The molecule has 0 saturated heterocycles. The fourth-order valence-corrected chi connectivity index (χ4v) is 4.07. The number of amides is 1. The van der Waals surface area contributed by atoms with Crippen LogP contribution in [0.4, 0.5) is 0 Å². The molecule has 0 unspecified atom stereocenters. The molecule has 1 heterocycles. The topological polar surface area (TPSA) is 56.1 Å². The first-order valence-electron chi connectivity index (χ1n) is 10.8. The summed E-state index contributed by atoms with van der Waals surface area (Å²) in [5.74, 6) is 1.68. The summed E-state index contributed by atoms with van der Waals surface area (Å²) in [6, 6.07) is 23.5. The standard InChI is InChI=1S/C26H26BrN3O2/c1-19-9-2-5-14-24(19)32-16-7-6-15-30-23-13-4-3-12-22(23)29-25(30)18-28-26(31)20-10-8-11-21(27)17-20/h2-5,8-14,17H,6-7,15-16,18H2,1H3,(H,28,31). The van der Waals surface area contributed by atoms with Crippen molar-refractivity contribution in [3.63, 3.8) is 0 Å². The molecule has 4 aromatic rings. The van der Waals surface area contributed by atoms with E-state index in [2.05, 4.69) is 44.9 Å². The molecule has 3 aromatic carbocycles. The predicted molar refractivity (Wildman–Crippen MR) is 131 cm³/mol. The van der Waals surface area contributed by atoms with Crippen LogP contribution in [-0.4, -0.2) is 22.1 Å². The smallest absolute Gasteiger partial charge is 0.251 e. The van der Waals surface area contributed by atoms with Crippen molar-refractivity contribution in [3.05, 3.63) is 94.2 Å². The molecule has 6 heteroatoms. The van der Waals surface area contributed by atoms with Gasteiger partial charge in [-0.05, 0) is 61.7 Å². The highest BCUT2D eigenvalue weighted by molar-refractivity contribution is 9.10. The van der Waals surface area contributed by atoms with Crippen LogP contribution in [0.3, 0.4) is 0 Å². The van der Waals surface area contributed by atoms with Crippen LogP contribution in [-0.2, 0) is 13.1 Å². The van der Waals surface area contributed by atoms with Gasteiger partial charge in [0.25, 0.3) is 5.91 Å². The molecular formula is C26H26BrN3O2. The zero-order valence-electron chi connectivity index (χ0n) is 18.1. The molecule has 0 saturated carbocycles. The highest BCUT2D eigenvalue weighted by Crippen LogP contribution is 2.19. The number of fused-ring (bicyclic) bond motifs is 1. The van der Waals surface area contributed by atoms with Crippen LogP contribution in [0.25, 0.3) is 11.0 Å². The lowest BCUT2D eigenvalue weighted by atomic mass is 10.2. The molecule has 0 spiro atoms. The van der Waals surface area contributed by atoms with Crippen molar-refractivity contribution in [2.24, 2.45) is 0 Å². The van der Waals surface area contributed by atoms with Gasteiger partial charge in [-0.2, -0.15) is 0 Å². The van der Waals surface area contributed by atoms with Gasteiger partial charge in [0.2, 0.25) is 0 Å². The van der Waals surface area contributed by atoms with E-state index >= 15 is 0 Å². The molecule has 5 nitrogen and oxygen atoms in total. The number of imidazole rings is 1. The number of para-hydroxylation sites is 3. The Morgan fingerprint density at radius 1 is 1.03 bits per heavy atom. The van der Waals surface area contributed by atoms with Crippen molar-refractivity contribution in [2.45, 2.75) is 32.9 Å². The lowest BCUT2D eigenvalue weighted by Crippen LogP contribution is -2.24. The molecule has 1 amide bonds. The minimum atomic E-state index is -0.114. The Morgan fingerprint density at radius 3 is 2.69 bits per heavy atom. The van der Waals surface area contributed by atoms with Crippen LogP contribution < -0.4 is 10.1 Å². The maximum Gasteiger partial charge on any atom is 0.251 e. The normalized spacial score (nSPS) is 10.9. The lowest BCUT2D eigenvalue weighted by Gasteiger charge is -2.12. The highest BCUT2D eigenvalue weighted by atomic mass is 79.9. The van der Waals surface area contributed by atoms with Crippen molar-refractivity contribution in [3.8, 4) is 5.75 Å². The molecule has 0 aliphatic rings. The number of halogens is 1. The summed E-state index contributed by atoms with van der Waals surface area (Å²) in [4.78, 5) is 17.3. The highest BCUT2D eigenvalue weighted by Gasteiger charge is 2.12. The monoisotopic (exact) mass is 491 g/mol. The molecule has 0 aliphatic carbocycles. The van der Waals surface area contributed by atoms with Crippen LogP contribution in [0.2, 0.25) is 0 Å². The van der Waals surface area contributed by atoms with Gasteiger partial charge in [-0.3, -0.25) is 4.79 Å². The second kappa shape index (κ2) is 10.5. The second-order valence-electron chi connectivity index (χ2n) is 7.68. The average molecular weight is 492 g/mol. The third kappa shape index (κ3) is 5.37. The number of rotatable bonds is 9. The number of ether oxygens (including phenoxy) is 1. The molecule has 0 radical (unpaired) electrons. The summed E-state index contributed by atoms with van der Waals surface area (Å²) >= 11 is 3.41. The Labute approximate surface area is 196 Å². The zero-order valence-corrected chi connectivity index (χ0v) is 19.6. The minimum Gasteiger partial charge on any atom is -0.493 e. The third-order valence-electron chi connectivity index (χ3n) is 5.35. The van der Waals surface area contributed by atoms with Gasteiger partial charge in [-0.25, -0.2) is 4.98 Å². The first-order valence-corrected chi connectivity index (χ1v) is 11.6. The Morgan fingerprint density at radius 2 is 1.84 bits per heavy atom. The van der Waals surface area contributed by atoms with Crippen molar-refractivity contribution in [1.29, 1.82) is 0 Å². The van der Waals surface area contributed by atoms with E-state index in [1.807, 2.05) is 54.6 Å². The Kier molecular flexibility index (Phi) is 7.22. The fraction of sp³-hybridized carbons (Fsp3) is 0.231. The fourth-order valence-electron chi connectivity index (χ4n) is 3.67. The van der Waals surface area contributed by atoms with Crippen molar-refractivity contribution < 1.29 is 9.53 Å².